The zero-order chi connectivity index (χ0) is 11.5. The van der Waals surface area contributed by atoms with Gasteiger partial charge in [-0.05, 0) is 18.6 Å². The maximum absolute atomic E-state index is 5.81. The van der Waals surface area contributed by atoms with E-state index in [2.05, 4.69) is 28.9 Å². The summed E-state index contributed by atoms with van der Waals surface area (Å²) in [5, 5.41) is 0.698. The van der Waals surface area contributed by atoms with E-state index in [9.17, 15) is 0 Å². The second kappa shape index (κ2) is 5.06. The highest BCUT2D eigenvalue weighted by Gasteiger charge is 2.17. The summed E-state index contributed by atoms with van der Waals surface area (Å²) in [4.78, 5) is 6.85. The number of nitrogens with zero attached hydrogens (tertiary/aromatic N) is 2. The van der Waals surface area contributed by atoms with Crippen LogP contribution in [0.4, 0.5) is 5.82 Å². The Morgan fingerprint density at radius 1 is 1.56 bits per heavy atom. The Hall–Kier alpha value is -0.740. The normalized spacial score (nSPS) is 23.2. The van der Waals surface area contributed by atoms with Gasteiger partial charge in [0.2, 0.25) is 0 Å². The van der Waals surface area contributed by atoms with Crippen molar-refractivity contribution in [1.82, 2.24) is 4.98 Å². The van der Waals surface area contributed by atoms with Crippen LogP contribution in [0.1, 0.15) is 25.5 Å². The second-order valence-corrected chi connectivity index (χ2v) is 5.91. The molecule has 4 heteroatoms. The van der Waals surface area contributed by atoms with Crippen molar-refractivity contribution in [3.63, 3.8) is 0 Å². The van der Waals surface area contributed by atoms with Gasteiger partial charge in [0.1, 0.15) is 5.82 Å². The molecule has 0 aliphatic carbocycles. The molecule has 1 aromatic rings. The SMILES string of the molecule is CC1CN(c2ccc(C(C)N)cn2)CCS1. The van der Waals surface area contributed by atoms with E-state index in [4.69, 9.17) is 5.73 Å². The average Bonchev–Trinajstić information content (AvgIpc) is 2.29. The van der Waals surface area contributed by atoms with Gasteiger partial charge in [-0.3, -0.25) is 0 Å². The van der Waals surface area contributed by atoms with Gasteiger partial charge < -0.3 is 10.6 Å². The Labute approximate surface area is 101 Å². The topological polar surface area (TPSA) is 42.1 Å². The minimum absolute atomic E-state index is 0.0670. The van der Waals surface area contributed by atoms with Gasteiger partial charge in [-0.1, -0.05) is 13.0 Å². The van der Waals surface area contributed by atoms with Crippen LogP contribution >= 0.6 is 11.8 Å². The van der Waals surface area contributed by atoms with Crippen LogP contribution in [0, 0.1) is 0 Å². The summed E-state index contributed by atoms with van der Waals surface area (Å²) in [6.45, 7) is 6.44. The molecular formula is C12H19N3S. The fourth-order valence-corrected chi connectivity index (χ4v) is 2.89. The van der Waals surface area contributed by atoms with Crippen LogP contribution in [0.25, 0.3) is 0 Å². The molecule has 1 aliphatic heterocycles. The molecule has 0 aromatic carbocycles. The van der Waals surface area contributed by atoms with E-state index in [1.165, 1.54) is 5.75 Å². The lowest BCUT2D eigenvalue weighted by atomic mass is 10.1. The standard InChI is InChI=1S/C12H19N3S/c1-9-8-15(5-6-16-9)12-4-3-11(7-14-12)10(2)13/h3-4,7,9-10H,5-6,8,13H2,1-2H3. The van der Waals surface area contributed by atoms with Crippen LogP contribution in [0.3, 0.4) is 0 Å². The molecule has 1 fully saturated rings. The largest absolute Gasteiger partial charge is 0.355 e. The van der Waals surface area contributed by atoms with Gasteiger partial charge in [0.05, 0.1) is 0 Å². The molecule has 1 aromatic heterocycles. The molecule has 3 nitrogen and oxygen atoms in total. The van der Waals surface area contributed by atoms with Gasteiger partial charge >= 0.3 is 0 Å². The molecule has 1 aliphatic rings. The fourth-order valence-electron chi connectivity index (χ4n) is 1.88. The van der Waals surface area contributed by atoms with Crippen LogP contribution in [-0.2, 0) is 0 Å². The molecule has 88 valence electrons. The van der Waals surface area contributed by atoms with Gasteiger partial charge in [0.25, 0.3) is 0 Å². The zero-order valence-electron chi connectivity index (χ0n) is 9.89. The van der Waals surface area contributed by atoms with Crippen molar-refractivity contribution in [3.8, 4) is 0 Å². The maximum atomic E-state index is 5.81. The number of anilines is 1. The summed E-state index contributed by atoms with van der Waals surface area (Å²) in [6.07, 6.45) is 1.90. The summed E-state index contributed by atoms with van der Waals surface area (Å²) >= 11 is 2.04. The summed E-state index contributed by atoms with van der Waals surface area (Å²) in [6, 6.07) is 4.23. The Balaban J connectivity index is 2.09. The molecule has 2 unspecified atom stereocenters. The van der Waals surface area contributed by atoms with E-state index in [1.54, 1.807) is 0 Å². The van der Waals surface area contributed by atoms with Crippen molar-refractivity contribution < 1.29 is 0 Å². The minimum Gasteiger partial charge on any atom is -0.355 e. The predicted octanol–water partition coefficient (Wildman–Crippen LogP) is 2.04. The first-order valence-electron chi connectivity index (χ1n) is 5.75. The van der Waals surface area contributed by atoms with Crippen molar-refractivity contribution in [1.29, 1.82) is 0 Å². The van der Waals surface area contributed by atoms with Crippen molar-refractivity contribution >= 4 is 17.6 Å². The Morgan fingerprint density at radius 2 is 2.38 bits per heavy atom. The Bertz CT molecular complexity index is 337. The van der Waals surface area contributed by atoms with Gasteiger partial charge in [-0.25, -0.2) is 4.98 Å². The molecule has 2 atom stereocenters. The summed E-state index contributed by atoms with van der Waals surface area (Å²) < 4.78 is 0. The van der Waals surface area contributed by atoms with Gasteiger partial charge in [0, 0.05) is 36.3 Å². The lowest BCUT2D eigenvalue weighted by Crippen LogP contribution is -2.37. The molecule has 0 bridgehead atoms. The highest BCUT2D eigenvalue weighted by atomic mass is 32.2. The maximum Gasteiger partial charge on any atom is 0.128 e. The third-order valence-electron chi connectivity index (χ3n) is 2.86. The third kappa shape index (κ3) is 2.68. The molecule has 2 rings (SSSR count). The first-order chi connectivity index (χ1) is 7.66. The molecule has 2 N–H and O–H groups in total. The number of nitrogens with two attached hydrogens (primary N) is 1. The smallest absolute Gasteiger partial charge is 0.128 e. The van der Waals surface area contributed by atoms with Crippen LogP contribution in [0.2, 0.25) is 0 Å². The quantitative estimate of drug-likeness (QED) is 0.855. The summed E-state index contributed by atoms with van der Waals surface area (Å²) in [5.74, 6) is 2.27. The average molecular weight is 237 g/mol. The second-order valence-electron chi connectivity index (χ2n) is 4.37. The summed E-state index contributed by atoms with van der Waals surface area (Å²) in [7, 11) is 0. The lowest BCUT2D eigenvalue weighted by Gasteiger charge is -2.31. The van der Waals surface area contributed by atoms with Crippen molar-refractivity contribution in [2.75, 3.05) is 23.7 Å². The number of aromatic nitrogens is 1. The molecule has 1 saturated heterocycles. The van der Waals surface area contributed by atoms with Gasteiger partial charge in [-0.15, -0.1) is 0 Å². The third-order valence-corrected chi connectivity index (χ3v) is 4.00. The van der Waals surface area contributed by atoms with E-state index in [-0.39, 0.29) is 6.04 Å². The molecule has 2 heterocycles. The number of hydrogen-bond acceptors (Lipinski definition) is 4. The monoisotopic (exact) mass is 237 g/mol. The molecular weight excluding hydrogens is 218 g/mol. The fraction of sp³-hybridized carbons (Fsp3) is 0.583. The number of pyridine rings is 1. The number of hydrogen-bond donors (Lipinski definition) is 1. The summed E-state index contributed by atoms with van der Waals surface area (Å²) in [5.41, 5.74) is 6.91. The number of rotatable bonds is 2. The van der Waals surface area contributed by atoms with Crippen LogP contribution in [-0.4, -0.2) is 29.1 Å². The van der Waals surface area contributed by atoms with E-state index in [1.807, 2.05) is 24.9 Å². The Kier molecular flexibility index (Phi) is 3.71. The van der Waals surface area contributed by atoms with Crippen LogP contribution < -0.4 is 10.6 Å². The predicted molar refractivity (Wildman–Crippen MR) is 71.0 cm³/mol. The zero-order valence-corrected chi connectivity index (χ0v) is 10.7. The molecule has 0 radical (unpaired) electrons. The van der Waals surface area contributed by atoms with Crippen LogP contribution in [0.15, 0.2) is 18.3 Å². The number of thioether (sulfide) groups is 1. The molecule has 16 heavy (non-hydrogen) atoms. The van der Waals surface area contributed by atoms with Crippen molar-refractivity contribution in [3.05, 3.63) is 23.9 Å². The van der Waals surface area contributed by atoms with E-state index in [0.29, 0.717) is 5.25 Å². The van der Waals surface area contributed by atoms with Crippen molar-refractivity contribution in [2.24, 2.45) is 5.73 Å². The highest BCUT2D eigenvalue weighted by Crippen LogP contribution is 2.22. The van der Waals surface area contributed by atoms with Crippen LogP contribution in [0.5, 0.6) is 0 Å². The molecule has 0 spiro atoms. The van der Waals surface area contributed by atoms with Crippen molar-refractivity contribution in [2.45, 2.75) is 25.1 Å². The Morgan fingerprint density at radius 3 is 2.94 bits per heavy atom. The van der Waals surface area contributed by atoms with E-state index >= 15 is 0 Å². The molecule has 0 saturated carbocycles. The molecule has 0 amide bonds. The minimum atomic E-state index is 0.0670. The first kappa shape index (κ1) is 11.7. The van der Waals surface area contributed by atoms with Gasteiger partial charge in [0.15, 0.2) is 0 Å². The van der Waals surface area contributed by atoms with Gasteiger partial charge in [-0.2, -0.15) is 11.8 Å². The first-order valence-corrected chi connectivity index (χ1v) is 6.80. The van der Waals surface area contributed by atoms with E-state index < -0.39 is 0 Å². The highest BCUT2D eigenvalue weighted by molar-refractivity contribution is 8.00. The lowest BCUT2D eigenvalue weighted by molar-refractivity contribution is 0.763. The van der Waals surface area contributed by atoms with E-state index in [0.717, 1.165) is 24.5 Å².